The van der Waals surface area contributed by atoms with Crippen LogP contribution in [0, 0.1) is 0 Å². The average molecular weight is 301 g/mol. The molecule has 3 heterocycles. The van der Waals surface area contributed by atoms with Crippen LogP contribution in [-0.2, 0) is 4.74 Å². The van der Waals surface area contributed by atoms with Crippen LogP contribution in [-0.4, -0.2) is 33.5 Å². The van der Waals surface area contributed by atoms with E-state index < -0.39 is 0 Å². The molecule has 1 N–H and O–H groups in total. The number of hydrogen-bond donors (Lipinski definition) is 1. The molecule has 1 unspecified atom stereocenters. The van der Waals surface area contributed by atoms with Gasteiger partial charge in [-0.05, 0) is 25.0 Å². The lowest BCUT2D eigenvalue weighted by atomic mass is 10.2. The molecule has 1 fully saturated rings. The molecule has 4 rings (SSSR count). The van der Waals surface area contributed by atoms with E-state index in [4.69, 9.17) is 4.74 Å². The second-order valence-electron chi connectivity index (χ2n) is 4.96. The molecular formula is C14H15N5OS. The van der Waals surface area contributed by atoms with Gasteiger partial charge >= 0.3 is 0 Å². The van der Waals surface area contributed by atoms with E-state index in [1.807, 2.05) is 29.8 Å². The van der Waals surface area contributed by atoms with Gasteiger partial charge in [0.25, 0.3) is 0 Å². The van der Waals surface area contributed by atoms with E-state index in [2.05, 4.69) is 26.7 Å². The standard InChI is InChI=1S/C14H15N5OS/c1-15-10-6-3-2-5-9(10)13-18-19-12(11-7-4-8-20-11)16-17-14(19)21-13/h2-3,5-6,11,15H,4,7-8H2,1H3. The molecule has 0 radical (unpaired) electrons. The van der Waals surface area contributed by atoms with Gasteiger partial charge in [0.05, 0.1) is 0 Å². The predicted octanol–water partition coefficient (Wildman–Crippen LogP) is 2.75. The highest BCUT2D eigenvalue weighted by atomic mass is 32.1. The highest BCUT2D eigenvalue weighted by Crippen LogP contribution is 2.33. The van der Waals surface area contributed by atoms with Crippen molar-refractivity contribution in [3.05, 3.63) is 30.1 Å². The van der Waals surface area contributed by atoms with Crippen LogP contribution in [0.5, 0.6) is 0 Å². The molecule has 0 bridgehead atoms. The van der Waals surface area contributed by atoms with Crippen LogP contribution in [0.15, 0.2) is 24.3 Å². The third-order valence-electron chi connectivity index (χ3n) is 3.66. The second-order valence-corrected chi connectivity index (χ2v) is 5.91. The summed E-state index contributed by atoms with van der Waals surface area (Å²) in [6.45, 7) is 0.791. The summed E-state index contributed by atoms with van der Waals surface area (Å²) < 4.78 is 7.52. The molecule has 7 heteroatoms. The van der Waals surface area contributed by atoms with Gasteiger partial charge in [-0.15, -0.1) is 10.2 Å². The van der Waals surface area contributed by atoms with E-state index >= 15 is 0 Å². The third kappa shape index (κ3) is 2.09. The number of rotatable bonds is 3. The summed E-state index contributed by atoms with van der Waals surface area (Å²) in [5.41, 5.74) is 2.13. The smallest absolute Gasteiger partial charge is 0.235 e. The number of hydrogen-bond acceptors (Lipinski definition) is 6. The van der Waals surface area contributed by atoms with Crippen LogP contribution in [0.3, 0.4) is 0 Å². The summed E-state index contributed by atoms with van der Waals surface area (Å²) in [4.78, 5) is 0.807. The maximum atomic E-state index is 5.69. The van der Waals surface area contributed by atoms with Crippen molar-refractivity contribution < 1.29 is 4.74 Å². The minimum atomic E-state index is 0.0227. The first-order chi connectivity index (χ1) is 10.4. The van der Waals surface area contributed by atoms with Gasteiger partial charge in [0, 0.05) is 24.9 Å². The van der Waals surface area contributed by atoms with Crippen molar-refractivity contribution in [2.45, 2.75) is 18.9 Å². The van der Waals surface area contributed by atoms with E-state index in [0.29, 0.717) is 0 Å². The largest absolute Gasteiger partial charge is 0.388 e. The lowest BCUT2D eigenvalue weighted by Gasteiger charge is -2.06. The lowest BCUT2D eigenvalue weighted by Crippen LogP contribution is -2.03. The zero-order valence-corrected chi connectivity index (χ0v) is 12.4. The molecule has 6 nitrogen and oxygen atoms in total. The Morgan fingerprint density at radius 2 is 2.24 bits per heavy atom. The molecule has 1 aromatic carbocycles. The van der Waals surface area contributed by atoms with Crippen LogP contribution in [0.2, 0.25) is 0 Å². The summed E-state index contributed by atoms with van der Waals surface area (Å²) in [5.74, 6) is 0.812. The number of aromatic nitrogens is 4. The van der Waals surface area contributed by atoms with Crippen molar-refractivity contribution in [2.24, 2.45) is 0 Å². The Bertz CT molecular complexity index is 775. The molecule has 2 aromatic heterocycles. The van der Waals surface area contributed by atoms with E-state index in [1.165, 1.54) is 0 Å². The zero-order chi connectivity index (χ0) is 14.2. The summed E-state index contributed by atoms with van der Waals surface area (Å²) in [7, 11) is 1.91. The first kappa shape index (κ1) is 12.7. The third-order valence-corrected chi connectivity index (χ3v) is 4.59. The Labute approximate surface area is 125 Å². The van der Waals surface area contributed by atoms with Crippen LogP contribution in [0.25, 0.3) is 15.5 Å². The molecule has 1 atom stereocenters. The predicted molar refractivity (Wildman–Crippen MR) is 81.6 cm³/mol. The normalized spacial score (nSPS) is 18.4. The molecule has 108 valence electrons. The Balaban J connectivity index is 1.80. The van der Waals surface area contributed by atoms with Crippen molar-refractivity contribution in [3.8, 4) is 10.6 Å². The highest BCUT2D eigenvalue weighted by molar-refractivity contribution is 7.19. The van der Waals surface area contributed by atoms with E-state index in [9.17, 15) is 0 Å². The van der Waals surface area contributed by atoms with Crippen LogP contribution < -0.4 is 5.32 Å². The summed E-state index contributed by atoms with van der Waals surface area (Å²) in [6, 6.07) is 8.12. The number of ether oxygens (including phenoxy) is 1. The van der Waals surface area contributed by atoms with Gasteiger partial charge in [0.2, 0.25) is 4.96 Å². The van der Waals surface area contributed by atoms with E-state index in [-0.39, 0.29) is 6.10 Å². The van der Waals surface area contributed by atoms with Crippen molar-refractivity contribution in [2.75, 3.05) is 19.0 Å². The Hall–Kier alpha value is -1.99. The van der Waals surface area contributed by atoms with Crippen LogP contribution in [0.1, 0.15) is 24.8 Å². The number of para-hydroxylation sites is 1. The van der Waals surface area contributed by atoms with Gasteiger partial charge in [0.15, 0.2) is 5.82 Å². The monoisotopic (exact) mass is 301 g/mol. The molecular weight excluding hydrogens is 286 g/mol. The van der Waals surface area contributed by atoms with Gasteiger partial charge in [-0.2, -0.15) is 9.61 Å². The maximum Gasteiger partial charge on any atom is 0.235 e. The minimum absolute atomic E-state index is 0.0227. The summed E-state index contributed by atoms with van der Waals surface area (Å²) >= 11 is 1.54. The molecule has 0 spiro atoms. The van der Waals surface area contributed by atoms with Crippen molar-refractivity contribution in [3.63, 3.8) is 0 Å². The second kappa shape index (κ2) is 5.09. The lowest BCUT2D eigenvalue weighted by molar-refractivity contribution is 0.103. The fraction of sp³-hybridized carbons (Fsp3) is 0.357. The topological polar surface area (TPSA) is 64.3 Å². The Kier molecular flexibility index (Phi) is 3.08. The minimum Gasteiger partial charge on any atom is -0.388 e. The molecule has 1 aliphatic heterocycles. The van der Waals surface area contributed by atoms with Crippen molar-refractivity contribution >= 4 is 22.0 Å². The zero-order valence-electron chi connectivity index (χ0n) is 11.6. The van der Waals surface area contributed by atoms with Crippen molar-refractivity contribution in [1.82, 2.24) is 19.8 Å². The SMILES string of the molecule is CNc1ccccc1-c1nn2c(C3CCCO3)nnc2s1. The van der Waals surface area contributed by atoms with Gasteiger partial charge in [-0.3, -0.25) is 0 Å². The first-order valence-corrected chi connectivity index (χ1v) is 7.79. The molecule has 1 aliphatic rings. The molecule has 3 aromatic rings. The Morgan fingerprint density at radius 3 is 3.05 bits per heavy atom. The quantitative estimate of drug-likeness (QED) is 0.806. The van der Waals surface area contributed by atoms with Gasteiger partial charge in [0.1, 0.15) is 11.1 Å². The fourth-order valence-corrected chi connectivity index (χ4v) is 3.50. The van der Waals surface area contributed by atoms with Gasteiger partial charge < -0.3 is 10.1 Å². The van der Waals surface area contributed by atoms with Gasteiger partial charge in [-0.1, -0.05) is 23.5 Å². The summed E-state index contributed by atoms with van der Waals surface area (Å²) in [6.07, 6.45) is 2.08. The molecule has 0 aliphatic carbocycles. The molecule has 21 heavy (non-hydrogen) atoms. The highest BCUT2D eigenvalue weighted by Gasteiger charge is 2.25. The Morgan fingerprint density at radius 1 is 1.33 bits per heavy atom. The molecule has 1 saturated heterocycles. The number of nitrogens with one attached hydrogen (secondary N) is 1. The van der Waals surface area contributed by atoms with E-state index in [0.717, 1.165) is 46.5 Å². The van der Waals surface area contributed by atoms with Crippen molar-refractivity contribution in [1.29, 1.82) is 0 Å². The molecule has 0 saturated carbocycles. The maximum absolute atomic E-state index is 5.69. The number of fused-ring (bicyclic) bond motifs is 1. The fourth-order valence-electron chi connectivity index (χ4n) is 2.61. The van der Waals surface area contributed by atoms with Gasteiger partial charge in [-0.25, -0.2) is 0 Å². The summed E-state index contributed by atoms with van der Waals surface area (Å²) in [5, 5.41) is 17.3. The number of nitrogens with zero attached hydrogens (tertiary/aromatic N) is 4. The molecule has 0 amide bonds. The first-order valence-electron chi connectivity index (χ1n) is 6.97. The average Bonchev–Trinajstić information content (AvgIpc) is 3.23. The van der Waals surface area contributed by atoms with Crippen LogP contribution in [0.4, 0.5) is 5.69 Å². The number of benzene rings is 1. The van der Waals surface area contributed by atoms with Crippen LogP contribution >= 0.6 is 11.3 Å². The number of anilines is 1. The van der Waals surface area contributed by atoms with E-state index in [1.54, 1.807) is 11.3 Å².